The van der Waals surface area contributed by atoms with E-state index in [-0.39, 0.29) is 18.5 Å². The van der Waals surface area contributed by atoms with Crippen molar-refractivity contribution in [2.45, 2.75) is 12.5 Å². The number of oxime groups is 1. The number of benzene rings is 1. The number of rotatable bonds is 2. The van der Waals surface area contributed by atoms with Gasteiger partial charge in [-0.15, -0.1) is 0 Å². The Morgan fingerprint density at radius 1 is 1.60 bits per heavy atom. The van der Waals surface area contributed by atoms with E-state index in [2.05, 4.69) is 21.1 Å². The lowest BCUT2D eigenvalue weighted by Crippen LogP contribution is -2.13. The highest BCUT2D eigenvalue weighted by atomic mass is 79.9. The lowest BCUT2D eigenvalue weighted by Gasteiger charge is -2.03. The molecule has 0 amide bonds. The molecule has 0 aromatic heterocycles. The van der Waals surface area contributed by atoms with Crippen LogP contribution in [0.25, 0.3) is 0 Å². The van der Waals surface area contributed by atoms with Gasteiger partial charge in [-0.2, -0.15) is 0 Å². The van der Waals surface area contributed by atoms with Gasteiger partial charge in [-0.3, -0.25) is 0 Å². The maximum Gasteiger partial charge on any atom is 0.156 e. The average Bonchev–Trinajstić information content (AvgIpc) is 2.70. The van der Waals surface area contributed by atoms with Gasteiger partial charge in [-0.05, 0) is 18.2 Å². The van der Waals surface area contributed by atoms with Crippen LogP contribution < -0.4 is 0 Å². The second-order valence-corrected chi connectivity index (χ2v) is 4.19. The first-order valence-electron chi connectivity index (χ1n) is 4.49. The van der Waals surface area contributed by atoms with Gasteiger partial charge in [0.05, 0.1) is 12.3 Å². The minimum atomic E-state index is -0.349. The van der Waals surface area contributed by atoms with E-state index in [9.17, 15) is 4.39 Å². The van der Waals surface area contributed by atoms with Crippen LogP contribution in [0.4, 0.5) is 4.39 Å². The van der Waals surface area contributed by atoms with Crippen molar-refractivity contribution < 1.29 is 14.3 Å². The van der Waals surface area contributed by atoms with E-state index in [1.807, 2.05) is 0 Å². The van der Waals surface area contributed by atoms with Crippen LogP contribution in [0.1, 0.15) is 12.0 Å². The molecule has 0 radical (unpaired) electrons. The molecule has 1 aromatic rings. The van der Waals surface area contributed by atoms with Gasteiger partial charge < -0.3 is 9.94 Å². The largest absolute Gasteiger partial charge is 0.392 e. The molecular weight excluding hydrogens is 265 g/mol. The Hall–Kier alpha value is -0.940. The molecule has 3 nitrogen and oxygen atoms in total. The van der Waals surface area contributed by atoms with Crippen molar-refractivity contribution >= 4 is 21.6 Å². The molecule has 0 bridgehead atoms. The molecule has 0 saturated heterocycles. The van der Waals surface area contributed by atoms with Gasteiger partial charge in [0, 0.05) is 16.5 Å². The molecule has 80 valence electrons. The van der Waals surface area contributed by atoms with Gasteiger partial charge in [0.1, 0.15) is 5.82 Å². The van der Waals surface area contributed by atoms with Crippen molar-refractivity contribution in [2.75, 3.05) is 6.61 Å². The predicted octanol–water partition coefficient (Wildman–Crippen LogP) is 2.07. The van der Waals surface area contributed by atoms with E-state index in [4.69, 9.17) is 9.94 Å². The summed E-state index contributed by atoms with van der Waals surface area (Å²) in [5.74, 6) is -0.334. The molecule has 2 rings (SSSR count). The second kappa shape index (κ2) is 4.28. The summed E-state index contributed by atoms with van der Waals surface area (Å²) in [7, 11) is 0. The third-order valence-electron chi connectivity index (χ3n) is 2.18. The van der Waals surface area contributed by atoms with E-state index in [0.29, 0.717) is 17.7 Å². The molecule has 1 atom stereocenters. The molecule has 0 aliphatic carbocycles. The zero-order valence-corrected chi connectivity index (χ0v) is 9.37. The maximum atomic E-state index is 13.4. The first-order valence-corrected chi connectivity index (χ1v) is 5.29. The van der Waals surface area contributed by atoms with Crippen LogP contribution in [0.5, 0.6) is 0 Å². The topological polar surface area (TPSA) is 41.8 Å². The quantitative estimate of drug-likeness (QED) is 0.897. The fourth-order valence-corrected chi connectivity index (χ4v) is 1.77. The van der Waals surface area contributed by atoms with Gasteiger partial charge in [-0.25, -0.2) is 4.39 Å². The van der Waals surface area contributed by atoms with Crippen molar-refractivity contribution in [3.8, 4) is 0 Å². The summed E-state index contributed by atoms with van der Waals surface area (Å²) in [5.41, 5.74) is 0.952. The molecular formula is C10H9BrFNO2. The van der Waals surface area contributed by atoms with E-state index < -0.39 is 0 Å². The van der Waals surface area contributed by atoms with Crippen molar-refractivity contribution in [3.05, 3.63) is 34.1 Å². The van der Waals surface area contributed by atoms with Crippen molar-refractivity contribution in [1.29, 1.82) is 0 Å². The predicted molar refractivity (Wildman–Crippen MR) is 57.2 cm³/mol. The fourth-order valence-electron chi connectivity index (χ4n) is 1.40. The van der Waals surface area contributed by atoms with Crippen LogP contribution in [0, 0.1) is 5.82 Å². The monoisotopic (exact) mass is 273 g/mol. The molecule has 0 spiro atoms. The molecule has 5 heteroatoms. The number of hydrogen-bond donors (Lipinski definition) is 1. The smallest absolute Gasteiger partial charge is 0.156 e. The van der Waals surface area contributed by atoms with E-state index in [1.165, 1.54) is 6.07 Å². The Balaban J connectivity index is 2.27. The average molecular weight is 274 g/mol. The van der Waals surface area contributed by atoms with Crippen LogP contribution in [-0.2, 0) is 4.84 Å². The Labute approximate surface area is 94.7 Å². The lowest BCUT2D eigenvalue weighted by atomic mass is 10.0. The van der Waals surface area contributed by atoms with E-state index in [1.54, 1.807) is 12.1 Å². The first-order chi connectivity index (χ1) is 7.20. The fraction of sp³-hybridized carbons (Fsp3) is 0.300. The maximum absolute atomic E-state index is 13.4. The van der Waals surface area contributed by atoms with E-state index in [0.717, 1.165) is 4.47 Å². The number of nitrogens with zero attached hydrogens (tertiary/aromatic N) is 1. The number of hydrogen-bond acceptors (Lipinski definition) is 3. The SMILES string of the molecule is OCC1CC(c2cc(Br)ccc2F)=NO1. The van der Waals surface area contributed by atoms with Crippen LogP contribution in [-0.4, -0.2) is 23.5 Å². The lowest BCUT2D eigenvalue weighted by molar-refractivity contribution is 0.0390. The Kier molecular flexibility index (Phi) is 3.02. The summed E-state index contributed by atoms with van der Waals surface area (Å²) < 4.78 is 14.2. The standard InChI is InChI=1S/C10H9BrFNO2/c11-6-1-2-9(12)8(3-6)10-4-7(5-14)15-13-10/h1-3,7,14H,4-5H2. The van der Waals surface area contributed by atoms with Gasteiger partial charge >= 0.3 is 0 Å². The van der Waals surface area contributed by atoms with E-state index >= 15 is 0 Å². The molecule has 1 aromatic carbocycles. The molecule has 1 aliphatic rings. The van der Waals surface area contributed by atoms with Crippen molar-refractivity contribution in [1.82, 2.24) is 0 Å². The molecule has 1 heterocycles. The third-order valence-corrected chi connectivity index (χ3v) is 2.67. The summed E-state index contributed by atoms with van der Waals surface area (Å²) in [6.07, 6.45) is 0.0857. The minimum Gasteiger partial charge on any atom is -0.392 e. The van der Waals surface area contributed by atoms with Crippen LogP contribution in [0.15, 0.2) is 27.8 Å². The molecule has 0 fully saturated rings. The zero-order valence-electron chi connectivity index (χ0n) is 7.78. The molecule has 1 N–H and O–H groups in total. The normalized spacial score (nSPS) is 19.9. The second-order valence-electron chi connectivity index (χ2n) is 3.28. The van der Waals surface area contributed by atoms with Gasteiger partial charge in [-0.1, -0.05) is 21.1 Å². The van der Waals surface area contributed by atoms with Gasteiger partial charge in [0.15, 0.2) is 6.10 Å². The summed E-state index contributed by atoms with van der Waals surface area (Å²) in [5, 5.41) is 12.6. The van der Waals surface area contributed by atoms with Crippen LogP contribution in [0.3, 0.4) is 0 Å². The highest BCUT2D eigenvalue weighted by molar-refractivity contribution is 9.10. The Bertz CT molecular complexity index is 408. The molecule has 1 aliphatic heterocycles. The highest BCUT2D eigenvalue weighted by Gasteiger charge is 2.23. The third kappa shape index (κ3) is 2.18. The van der Waals surface area contributed by atoms with Crippen LogP contribution >= 0.6 is 15.9 Å². The first kappa shape index (κ1) is 10.6. The zero-order chi connectivity index (χ0) is 10.8. The molecule has 0 saturated carbocycles. The highest BCUT2D eigenvalue weighted by Crippen LogP contribution is 2.21. The van der Waals surface area contributed by atoms with Crippen LogP contribution in [0.2, 0.25) is 0 Å². The number of halogens is 2. The summed E-state index contributed by atoms with van der Waals surface area (Å²) in [4.78, 5) is 4.92. The van der Waals surface area contributed by atoms with Gasteiger partial charge in [0.25, 0.3) is 0 Å². The van der Waals surface area contributed by atoms with Crippen molar-refractivity contribution in [2.24, 2.45) is 5.16 Å². The number of aliphatic hydroxyl groups is 1. The van der Waals surface area contributed by atoms with Crippen molar-refractivity contribution in [3.63, 3.8) is 0 Å². The summed E-state index contributed by atoms with van der Waals surface area (Å²) in [6, 6.07) is 4.64. The Morgan fingerprint density at radius 3 is 3.07 bits per heavy atom. The molecule has 1 unspecified atom stereocenters. The minimum absolute atomic E-state index is 0.109. The molecule has 15 heavy (non-hydrogen) atoms. The summed E-state index contributed by atoms with van der Waals surface area (Å²) >= 11 is 3.26. The Morgan fingerprint density at radius 2 is 2.40 bits per heavy atom. The van der Waals surface area contributed by atoms with Gasteiger partial charge in [0.2, 0.25) is 0 Å². The summed E-state index contributed by atoms with van der Waals surface area (Å²) in [6.45, 7) is -0.109. The number of aliphatic hydroxyl groups excluding tert-OH is 1.